The van der Waals surface area contributed by atoms with Crippen LogP contribution in [0.15, 0.2) is 6.07 Å². The van der Waals surface area contributed by atoms with E-state index in [-0.39, 0.29) is 11.9 Å². The first-order valence-electron chi connectivity index (χ1n) is 7.29. The van der Waals surface area contributed by atoms with E-state index >= 15 is 0 Å². The molecule has 0 saturated carbocycles. The second-order valence-corrected chi connectivity index (χ2v) is 5.24. The predicted octanol–water partition coefficient (Wildman–Crippen LogP) is 3.22. The van der Waals surface area contributed by atoms with Crippen LogP contribution in [0, 0.1) is 6.92 Å². The summed E-state index contributed by atoms with van der Waals surface area (Å²) in [4.78, 5) is 14.7. The van der Waals surface area contributed by atoms with Gasteiger partial charge in [-0.15, -0.1) is 11.6 Å². The Morgan fingerprint density at radius 2 is 1.95 bits per heavy atom. The van der Waals surface area contributed by atoms with Gasteiger partial charge >= 0.3 is 0 Å². The van der Waals surface area contributed by atoms with Crippen molar-refractivity contribution in [2.75, 3.05) is 12.4 Å². The molecule has 1 amide bonds. The number of halogens is 1. The molecule has 4 nitrogen and oxygen atoms in total. The Morgan fingerprint density at radius 3 is 2.45 bits per heavy atom. The monoisotopic (exact) mass is 297 g/mol. The third kappa shape index (κ3) is 3.92. The highest BCUT2D eigenvalue weighted by molar-refractivity contribution is 6.18. The summed E-state index contributed by atoms with van der Waals surface area (Å²) in [5.74, 6) is 0.468. The van der Waals surface area contributed by atoms with Gasteiger partial charge < -0.3 is 4.90 Å². The zero-order valence-electron chi connectivity index (χ0n) is 12.8. The average Bonchev–Trinajstić information content (AvgIpc) is 2.46. The van der Waals surface area contributed by atoms with Gasteiger partial charge in [0.25, 0.3) is 5.91 Å². The Balaban J connectivity index is 3.14. The van der Waals surface area contributed by atoms with Crippen molar-refractivity contribution in [3.8, 4) is 0 Å². The van der Waals surface area contributed by atoms with Gasteiger partial charge in [-0.3, -0.25) is 4.79 Å². The lowest BCUT2D eigenvalue weighted by atomic mass is 10.1. The smallest absolute Gasteiger partial charge is 0.256 e. The van der Waals surface area contributed by atoms with Crippen LogP contribution < -0.4 is 0 Å². The van der Waals surface area contributed by atoms with Crippen molar-refractivity contribution in [2.45, 2.75) is 53.0 Å². The van der Waals surface area contributed by atoms with Gasteiger partial charge in [-0.1, -0.05) is 20.8 Å². The molecule has 0 N–H and O–H groups in total. The minimum Gasteiger partial charge on any atom is -0.334 e. The molecule has 0 bridgehead atoms. The van der Waals surface area contributed by atoms with E-state index in [4.69, 9.17) is 11.6 Å². The lowest BCUT2D eigenvalue weighted by Gasteiger charge is -2.30. The molecule has 1 heterocycles. The molecule has 1 rings (SSSR count). The summed E-state index contributed by atoms with van der Waals surface area (Å²) in [5, 5.41) is 8.18. The summed E-state index contributed by atoms with van der Waals surface area (Å²) >= 11 is 5.87. The van der Waals surface area contributed by atoms with Crippen LogP contribution in [0.2, 0.25) is 0 Å². The van der Waals surface area contributed by atoms with Gasteiger partial charge in [0.15, 0.2) is 0 Å². The van der Waals surface area contributed by atoms with Crippen LogP contribution in [0.25, 0.3) is 0 Å². The Labute approximate surface area is 126 Å². The van der Waals surface area contributed by atoms with Gasteiger partial charge in [-0.2, -0.15) is 10.2 Å². The fraction of sp³-hybridized carbons (Fsp3) is 0.667. The van der Waals surface area contributed by atoms with E-state index in [2.05, 4.69) is 24.0 Å². The van der Waals surface area contributed by atoms with Crippen LogP contribution in [-0.4, -0.2) is 39.5 Å². The highest BCUT2D eigenvalue weighted by atomic mass is 35.5. The van der Waals surface area contributed by atoms with Crippen LogP contribution in [-0.2, 0) is 6.42 Å². The highest BCUT2D eigenvalue weighted by Gasteiger charge is 2.24. The number of alkyl halides is 1. The van der Waals surface area contributed by atoms with E-state index in [1.165, 1.54) is 0 Å². The molecule has 112 valence electrons. The van der Waals surface area contributed by atoms with Gasteiger partial charge in [0.1, 0.15) is 0 Å². The summed E-state index contributed by atoms with van der Waals surface area (Å²) in [7, 11) is 0. The number of aromatic nitrogens is 2. The van der Waals surface area contributed by atoms with Gasteiger partial charge in [0.05, 0.1) is 17.0 Å². The molecule has 1 aromatic heterocycles. The Bertz CT molecular complexity index is 447. The number of nitrogens with zero attached hydrogens (tertiary/aromatic N) is 3. The van der Waals surface area contributed by atoms with E-state index in [9.17, 15) is 4.79 Å². The molecule has 1 aromatic rings. The first-order valence-corrected chi connectivity index (χ1v) is 7.82. The van der Waals surface area contributed by atoms with Crippen LogP contribution in [0.4, 0.5) is 0 Å². The van der Waals surface area contributed by atoms with E-state index < -0.39 is 0 Å². The molecule has 0 radical (unpaired) electrons. The molecule has 0 atom stereocenters. The maximum atomic E-state index is 12.8. The zero-order chi connectivity index (χ0) is 15.1. The Hall–Kier alpha value is -1.16. The molecule has 0 aliphatic heterocycles. The Morgan fingerprint density at radius 1 is 1.30 bits per heavy atom. The number of hydrogen-bond acceptors (Lipinski definition) is 3. The van der Waals surface area contributed by atoms with Gasteiger partial charge in [-0.05, 0) is 32.3 Å². The van der Waals surface area contributed by atoms with Crippen molar-refractivity contribution in [3.63, 3.8) is 0 Å². The largest absolute Gasteiger partial charge is 0.334 e. The third-order valence-corrected chi connectivity index (χ3v) is 3.70. The molecule has 0 aliphatic rings. The van der Waals surface area contributed by atoms with E-state index in [0.717, 1.165) is 24.2 Å². The van der Waals surface area contributed by atoms with Crippen LogP contribution >= 0.6 is 11.6 Å². The molecule has 0 spiro atoms. The van der Waals surface area contributed by atoms with E-state index in [1.54, 1.807) is 0 Å². The minimum atomic E-state index is 0.0224. The average molecular weight is 298 g/mol. The zero-order valence-corrected chi connectivity index (χ0v) is 13.6. The SMILES string of the molecule is CCc1nnc(C)cc1C(=O)N(CCCl)C(CC)CC. The summed E-state index contributed by atoms with van der Waals surface area (Å²) in [6, 6.07) is 2.05. The normalized spacial score (nSPS) is 10.9. The molecular weight excluding hydrogens is 274 g/mol. The maximum Gasteiger partial charge on any atom is 0.256 e. The fourth-order valence-corrected chi connectivity index (χ4v) is 2.57. The lowest BCUT2D eigenvalue weighted by molar-refractivity contribution is 0.0679. The maximum absolute atomic E-state index is 12.8. The Kier molecular flexibility index (Phi) is 6.93. The highest BCUT2D eigenvalue weighted by Crippen LogP contribution is 2.16. The van der Waals surface area contributed by atoms with Crippen molar-refractivity contribution in [1.29, 1.82) is 0 Å². The minimum absolute atomic E-state index is 0.0224. The van der Waals surface area contributed by atoms with Crippen molar-refractivity contribution < 1.29 is 4.79 Å². The molecule has 0 saturated heterocycles. The van der Waals surface area contributed by atoms with Crippen molar-refractivity contribution in [1.82, 2.24) is 15.1 Å². The van der Waals surface area contributed by atoms with E-state index in [1.807, 2.05) is 24.8 Å². The van der Waals surface area contributed by atoms with Gasteiger partial charge in [-0.25, -0.2) is 0 Å². The van der Waals surface area contributed by atoms with E-state index in [0.29, 0.717) is 24.4 Å². The van der Waals surface area contributed by atoms with Crippen molar-refractivity contribution in [2.24, 2.45) is 0 Å². The molecule has 0 unspecified atom stereocenters. The number of carbonyl (C=O) groups is 1. The predicted molar refractivity (Wildman–Crippen MR) is 82.3 cm³/mol. The van der Waals surface area contributed by atoms with Crippen LogP contribution in [0.5, 0.6) is 0 Å². The summed E-state index contributed by atoms with van der Waals surface area (Å²) < 4.78 is 0. The second kappa shape index (κ2) is 8.20. The molecule has 0 fully saturated rings. The van der Waals surface area contributed by atoms with Crippen molar-refractivity contribution in [3.05, 3.63) is 23.0 Å². The second-order valence-electron chi connectivity index (χ2n) is 4.86. The van der Waals surface area contributed by atoms with Crippen LogP contribution in [0.3, 0.4) is 0 Å². The summed E-state index contributed by atoms with van der Waals surface area (Å²) in [5.41, 5.74) is 2.18. The van der Waals surface area contributed by atoms with Crippen LogP contribution in [0.1, 0.15) is 55.4 Å². The van der Waals surface area contributed by atoms with Crippen molar-refractivity contribution >= 4 is 17.5 Å². The summed E-state index contributed by atoms with van der Waals surface area (Å²) in [6.07, 6.45) is 2.56. The first-order chi connectivity index (χ1) is 9.58. The molecule has 20 heavy (non-hydrogen) atoms. The number of aryl methyl sites for hydroxylation is 2. The first kappa shape index (κ1) is 16.9. The number of amides is 1. The standard InChI is InChI=1S/C15H24ClN3O/c1-5-12(6-2)19(9-8-16)15(20)13-10-11(4)17-18-14(13)7-3/h10,12H,5-9H2,1-4H3. The molecule has 0 aliphatic carbocycles. The van der Waals surface area contributed by atoms with Gasteiger partial charge in [0.2, 0.25) is 0 Å². The molecule has 5 heteroatoms. The fourth-order valence-electron chi connectivity index (χ4n) is 2.39. The molecular formula is C15H24ClN3O. The summed E-state index contributed by atoms with van der Waals surface area (Å²) in [6.45, 7) is 8.60. The number of rotatable bonds is 7. The van der Waals surface area contributed by atoms with Gasteiger partial charge in [0, 0.05) is 18.5 Å². The number of carbonyl (C=O) groups excluding carboxylic acids is 1. The quantitative estimate of drug-likeness (QED) is 0.726. The molecule has 0 aromatic carbocycles. The number of hydrogen-bond donors (Lipinski definition) is 0. The third-order valence-electron chi connectivity index (χ3n) is 3.53. The topological polar surface area (TPSA) is 46.1 Å². The lowest BCUT2D eigenvalue weighted by Crippen LogP contribution is -2.41.